The van der Waals surface area contributed by atoms with E-state index >= 15 is 0 Å². The van der Waals surface area contributed by atoms with E-state index in [-0.39, 0.29) is 0 Å². The maximum atomic E-state index is 11.9. The Morgan fingerprint density at radius 1 is 1.17 bits per heavy atom. The fourth-order valence-corrected chi connectivity index (χ4v) is 2.88. The summed E-state index contributed by atoms with van der Waals surface area (Å²) in [6.07, 6.45) is 0.726. The molecule has 2 rings (SSSR count). The van der Waals surface area contributed by atoms with E-state index in [1.165, 1.54) is 22.7 Å². The van der Waals surface area contributed by atoms with Crippen molar-refractivity contribution in [3.05, 3.63) is 45.0 Å². The van der Waals surface area contributed by atoms with Gasteiger partial charge in [-0.05, 0) is 33.8 Å². The van der Waals surface area contributed by atoms with E-state index in [9.17, 15) is 9.59 Å². The van der Waals surface area contributed by atoms with Crippen molar-refractivity contribution in [3.63, 3.8) is 0 Å². The highest BCUT2D eigenvalue weighted by Crippen LogP contribution is 2.30. The Kier molecular flexibility index (Phi) is 3.59. The Balaban J connectivity index is 2.36. The Labute approximate surface area is 110 Å². The van der Waals surface area contributed by atoms with Crippen LogP contribution in [-0.2, 0) is 4.79 Å². The summed E-state index contributed by atoms with van der Waals surface area (Å²) in [6.45, 7) is 0. The van der Waals surface area contributed by atoms with Gasteiger partial charge in [-0.2, -0.15) is 11.3 Å². The van der Waals surface area contributed by atoms with Crippen molar-refractivity contribution in [1.82, 2.24) is 0 Å². The van der Waals surface area contributed by atoms with Crippen molar-refractivity contribution >= 4 is 34.4 Å². The number of carboxylic acids is 1. The monoisotopic (exact) mass is 280 g/mol. The maximum absolute atomic E-state index is 11.9. The highest BCUT2D eigenvalue weighted by atomic mass is 32.1. The smallest absolute Gasteiger partial charge is 0.371 e. The van der Waals surface area contributed by atoms with Gasteiger partial charge in [-0.1, -0.05) is 0 Å². The van der Waals surface area contributed by atoms with Crippen LogP contribution in [0.4, 0.5) is 0 Å². The molecule has 92 valence electrons. The Morgan fingerprint density at radius 2 is 1.94 bits per heavy atom. The molecule has 2 aromatic rings. The van der Waals surface area contributed by atoms with Crippen molar-refractivity contribution < 1.29 is 19.8 Å². The van der Waals surface area contributed by atoms with E-state index in [0.717, 1.165) is 17.2 Å². The molecule has 6 heteroatoms. The van der Waals surface area contributed by atoms with E-state index < -0.39 is 17.5 Å². The topological polar surface area (TPSA) is 74.6 Å². The number of thiophene rings is 2. The van der Waals surface area contributed by atoms with Gasteiger partial charge < -0.3 is 10.2 Å². The predicted octanol–water partition coefficient (Wildman–Crippen LogP) is 3.19. The molecule has 0 unspecified atom stereocenters. The lowest BCUT2D eigenvalue weighted by molar-refractivity contribution is -0.135. The second kappa shape index (κ2) is 5.16. The van der Waals surface area contributed by atoms with Crippen molar-refractivity contribution in [1.29, 1.82) is 0 Å². The molecule has 0 saturated heterocycles. The minimum Gasteiger partial charge on any atom is -0.502 e. The van der Waals surface area contributed by atoms with E-state index in [1.807, 2.05) is 16.8 Å². The summed E-state index contributed by atoms with van der Waals surface area (Å²) in [7, 11) is 0. The summed E-state index contributed by atoms with van der Waals surface area (Å²) >= 11 is 2.73. The summed E-state index contributed by atoms with van der Waals surface area (Å²) in [5.41, 5.74) is 1.66. The van der Waals surface area contributed by atoms with Gasteiger partial charge in [-0.25, -0.2) is 4.79 Å². The first kappa shape index (κ1) is 12.5. The number of hydrogen-bond donors (Lipinski definition) is 2. The molecule has 0 aliphatic carbocycles. The molecule has 0 bridgehead atoms. The van der Waals surface area contributed by atoms with Gasteiger partial charge in [0.1, 0.15) is 0 Å². The molecule has 2 N–H and O–H groups in total. The molecule has 0 fully saturated rings. The highest BCUT2D eigenvalue weighted by molar-refractivity contribution is 7.13. The fourth-order valence-electron chi connectivity index (χ4n) is 1.40. The third kappa shape index (κ3) is 2.49. The number of carboxylic acid groups (broad SMARTS) is 1. The molecule has 0 aliphatic heterocycles. The van der Waals surface area contributed by atoms with Crippen LogP contribution in [0.5, 0.6) is 0 Å². The van der Waals surface area contributed by atoms with Crippen LogP contribution in [0.1, 0.15) is 9.67 Å². The average molecular weight is 280 g/mol. The largest absolute Gasteiger partial charge is 0.502 e. The fraction of sp³-hybridized carbons (Fsp3) is 0. The molecule has 4 nitrogen and oxygen atoms in total. The molecule has 0 saturated carbocycles. The number of aliphatic hydroxyl groups excluding tert-OH is 1. The Bertz CT molecular complexity index is 608. The van der Waals surface area contributed by atoms with E-state index in [2.05, 4.69) is 0 Å². The van der Waals surface area contributed by atoms with Gasteiger partial charge in [0.15, 0.2) is 5.78 Å². The van der Waals surface area contributed by atoms with Crippen molar-refractivity contribution in [2.45, 2.75) is 0 Å². The zero-order chi connectivity index (χ0) is 13.1. The highest BCUT2D eigenvalue weighted by Gasteiger charge is 2.15. The van der Waals surface area contributed by atoms with Gasteiger partial charge in [0, 0.05) is 11.6 Å². The molecule has 0 aliphatic rings. The summed E-state index contributed by atoms with van der Waals surface area (Å²) in [4.78, 5) is 22.7. The third-order valence-electron chi connectivity index (χ3n) is 2.21. The van der Waals surface area contributed by atoms with Crippen LogP contribution in [0.15, 0.2) is 40.1 Å². The SMILES string of the molecule is O=C(O)C(O)=CC(=O)c1sccc1-c1ccsc1. The predicted molar refractivity (Wildman–Crippen MR) is 70.3 cm³/mol. The standard InChI is InChI=1S/C12H8O4S2/c13-9(5-10(14)12(15)16)11-8(2-4-18-11)7-1-3-17-6-7/h1-6,14H,(H,15,16). The minimum absolute atomic E-state index is 0.418. The number of ketones is 1. The average Bonchev–Trinajstić information content (AvgIpc) is 2.99. The zero-order valence-corrected chi connectivity index (χ0v) is 10.6. The number of carbonyl (C=O) groups excluding carboxylic acids is 1. The Hall–Kier alpha value is -1.92. The lowest BCUT2D eigenvalue weighted by atomic mass is 10.1. The van der Waals surface area contributed by atoms with Crippen LogP contribution < -0.4 is 0 Å². The van der Waals surface area contributed by atoms with Gasteiger partial charge in [-0.15, -0.1) is 11.3 Å². The molecule has 2 aromatic heterocycles. The summed E-state index contributed by atoms with van der Waals surface area (Å²) < 4.78 is 0. The first-order valence-corrected chi connectivity index (χ1v) is 6.70. The van der Waals surface area contributed by atoms with E-state index in [0.29, 0.717) is 4.88 Å². The van der Waals surface area contributed by atoms with E-state index in [4.69, 9.17) is 10.2 Å². The minimum atomic E-state index is -1.52. The number of allylic oxidation sites excluding steroid dienone is 1. The van der Waals surface area contributed by atoms with Crippen LogP contribution in [-0.4, -0.2) is 22.0 Å². The van der Waals surface area contributed by atoms with Crippen LogP contribution >= 0.6 is 22.7 Å². The normalized spacial score (nSPS) is 11.4. The number of aliphatic hydroxyl groups is 1. The van der Waals surface area contributed by atoms with Crippen molar-refractivity contribution in [3.8, 4) is 11.1 Å². The van der Waals surface area contributed by atoms with Gasteiger partial charge in [0.25, 0.3) is 0 Å². The zero-order valence-electron chi connectivity index (χ0n) is 8.99. The first-order chi connectivity index (χ1) is 8.59. The molecule has 0 spiro atoms. The second-order valence-electron chi connectivity index (χ2n) is 3.37. The maximum Gasteiger partial charge on any atom is 0.371 e. The number of rotatable bonds is 4. The summed E-state index contributed by atoms with van der Waals surface area (Å²) in [6, 6.07) is 3.68. The van der Waals surface area contributed by atoms with E-state index in [1.54, 1.807) is 11.4 Å². The van der Waals surface area contributed by atoms with Crippen molar-refractivity contribution in [2.75, 3.05) is 0 Å². The van der Waals surface area contributed by atoms with Gasteiger partial charge >= 0.3 is 5.97 Å². The molecule has 18 heavy (non-hydrogen) atoms. The van der Waals surface area contributed by atoms with Crippen molar-refractivity contribution in [2.24, 2.45) is 0 Å². The van der Waals surface area contributed by atoms with Crippen LogP contribution in [0.25, 0.3) is 11.1 Å². The molecule has 0 aromatic carbocycles. The van der Waals surface area contributed by atoms with Gasteiger partial charge in [-0.3, -0.25) is 4.79 Å². The van der Waals surface area contributed by atoms with Crippen LogP contribution in [0.2, 0.25) is 0 Å². The Morgan fingerprint density at radius 3 is 2.56 bits per heavy atom. The summed E-state index contributed by atoms with van der Waals surface area (Å²) in [5.74, 6) is -2.98. The number of hydrogen-bond acceptors (Lipinski definition) is 5. The van der Waals surface area contributed by atoms with Crippen LogP contribution in [0, 0.1) is 0 Å². The molecular formula is C12H8O4S2. The summed E-state index contributed by atoms with van der Waals surface area (Å²) in [5, 5.41) is 23.1. The number of aliphatic carboxylic acids is 1. The molecular weight excluding hydrogens is 272 g/mol. The molecule has 0 atom stereocenters. The second-order valence-corrected chi connectivity index (χ2v) is 5.07. The quantitative estimate of drug-likeness (QED) is 0.512. The lowest BCUT2D eigenvalue weighted by Crippen LogP contribution is -2.03. The third-order valence-corrected chi connectivity index (χ3v) is 3.82. The van der Waals surface area contributed by atoms with Gasteiger partial charge in [0.2, 0.25) is 5.76 Å². The first-order valence-electron chi connectivity index (χ1n) is 4.88. The van der Waals surface area contributed by atoms with Gasteiger partial charge in [0.05, 0.1) is 4.88 Å². The molecule has 0 amide bonds. The molecule has 2 heterocycles. The molecule has 0 radical (unpaired) electrons. The number of carbonyl (C=O) groups is 2. The van der Waals surface area contributed by atoms with Crippen LogP contribution in [0.3, 0.4) is 0 Å². The lowest BCUT2D eigenvalue weighted by Gasteiger charge is -1.98.